The summed E-state index contributed by atoms with van der Waals surface area (Å²) in [4.78, 5) is 26.1. The summed E-state index contributed by atoms with van der Waals surface area (Å²) in [6.45, 7) is 1.93. The van der Waals surface area contributed by atoms with E-state index in [1.807, 2.05) is 30.3 Å². The van der Waals surface area contributed by atoms with E-state index in [1.165, 1.54) is 0 Å². The zero-order valence-corrected chi connectivity index (χ0v) is 18.8. The molecule has 0 aliphatic carbocycles. The molecular formula is C26H27ClN2O3. The van der Waals surface area contributed by atoms with Gasteiger partial charge in [-0.25, -0.2) is 4.79 Å². The van der Waals surface area contributed by atoms with Crippen LogP contribution in [-0.4, -0.2) is 42.0 Å². The third-order valence-electron chi connectivity index (χ3n) is 6.56. The van der Waals surface area contributed by atoms with Gasteiger partial charge in [0.1, 0.15) is 0 Å². The average molecular weight is 451 g/mol. The zero-order valence-electron chi connectivity index (χ0n) is 18.1. The van der Waals surface area contributed by atoms with Crippen LogP contribution in [0.25, 0.3) is 21.9 Å². The Bertz CT molecular complexity index is 1150. The van der Waals surface area contributed by atoms with E-state index >= 15 is 0 Å². The third kappa shape index (κ3) is 4.79. The van der Waals surface area contributed by atoms with E-state index in [2.05, 4.69) is 24.1 Å². The number of carbonyl (C=O) groups is 2. The van der Waals surface area contributed by atoms with Crippen molar-refractivity contribution in [1.29, 1.82) is 0 Å². The molecule has 6 heteroatoms. The number of primary amides is 1. The van der Waals surface area contributed by atoms with Crippen molar-refractivity contribution in [1.82, 2.24) is 4.90 Å². The van der Waals surface area contributed by atoms with Gasteiger partial charge in [-0.1, -0.05) is 35.9 Å². The van der Waals surface area contributed by atoms with Gasteiger partial charge in [-0.15, -0.1) is 0 Å². The van der Waals surface area contributed by atoms with Crippen LogP contribution < -0.4 is 5.73 Å². The number of nitrogens with two attached hydrogens (primary N) is 1. The molecule has 1 aliphatic rings. The topological polar surface area (TPSA) is 83.6 Å². The van der Waals surface area contributed by atoms with Gasteiger partial charge >= 0.3 is 5.97 Å². The molecule has 3 N–H and O–H groups in total. The first-order valence-corrected chi connectivity index (χ1v) is 11.2. The van der Waals surface area contributed by atoms with Crippen LogP contribution in [0.4, 0.5) is 0 Å². The molecule has 0 radical (unpaired) electrons. The van der Waals surface area contributed by atoms with Crippen LogP contribution >= 0.6 is 11.6 Å². The largest absolute Gasteiger partial charge is 0.478 e. The standard InChI is InChI=1S/C26H27ClN2O3/c1-29-10-8-17(9-11-29)23(15-25(28)30)24-14-20(16-4-6-21(27)7-5-16)12-18-2-3-19(26(31)32)13-22(18)24/h2-7,12-14,17,23H,8-11,15H2,1H3,(H2,28,30)(H,31,32). The number of amides is 1. The first-order valence-electron chi connectivity index (χ1n) is 10.9. The molecule has 5 nitrogen and oxygen atoms in total. The maximum Gasteiger partial charge on any atom is 0.335 e. The van der Waals surface area contributed by atoms with Gasteiger partial charge < -0.3 is 15.7 Å². The first kappa shape index (κ1) is 22.3. The molecule has 1 amide bonds. The van der Waals surface area contributed by atoms with Crippen LogP contribution in [0.1, 0.15) is 41.1 Å². The number of hydrogen-bond donors (Lipinski definition) is 2. The van der Waals surface area contributed by atoms with Crippen molar-refractivity contribution in [3.63, 3.8) is 0 Å². The van der Waals surface area contributed by atoms with E-state index in [0.29, 0.717) is 10.9 Å². The van der Waals surface area contributed by atoms with Crippen molar-refractivity contribution in [2.45, 2.75) is 25.2 Å². The summed E-state index contributed by atoms with van der Waals surface area (Å²) in [5.41, 5.74) is 8.94. The lowest BCUT2D eigenvalue weighted by molar-refractivity contribution is -0.118. The molecule has 0 saturated carbocycles. The van der Waals surface area contributed by atoms with Gasteiger partial charge in [0.25, 0.3) is 0 Å². The van der Waals surface area contributed by atoms with Crippen molar-refractivity contribution < 1.29 is 14.7 Å². The maximum atomic E-state index is 12.1. The summed E-state index contributed by atoms with van der Waals surface area (Å²) in [6, 6.07) is 17.0. The molecule has 1 fully saturated rings. The van der Waals surface area contributed by atoms with Crippen LogP contribution in [0, 0.1) is 5.92 Å². The number of fused-ring (bicyclic) bond motifs is 1. The zero-order chi connectivity index (χ0) is 22.8. The highest BCUT2D eigenvalue weighted by molar-refractivity contribution is 6.30. The van der Waals surface area contributed by atoms with Crippen molar-refractivity contribution in [2.24, 2.45) is 11.7 Å². The Balaban J connectivity index is 1.91. The van der Waals surface area contributed by atoms with Crippen molar-refractivity contribution >= 4 is 34.2 Å². The van der Waals surface area contributed by atoms with Gasteiger partial charge in [0.15, 0.2) is 0 Å². The molecule has 1 aliphatic heterocycles. The highest BCUT2D eigenvalue weighted by Gasteiger charge is 2.29. The number of aromatic carboxylic acids is 1. The van der Waals surface area contributed by atoms with Gasteiger partial charge in [0.2, 0.25) is 5.91 Å². The van der Waals surface area contributed by atoms with Gasteiger partial charge in [0.05, 0.1) is 5.56 Å². The smallest absolute Gasteiger partial charge is 0.335 e. The number of nitrogens with zero attached hydrogens (tertiary/aromatic N) is 1. The molecule has 1 atom stereocenters. The molecular weight excluding hydrogens is 424 g/mol. The van der Waals surface area contributed by atoms with Gasteiger partial charge in [-0.3, -0.25) is 4.79 Å². The van der Waals surface area contributed by atoms with Crippen LogP contribution in [0.2, 0.25) is 5.02 Å². The fourth-order valence-corrected chi connectivity index (χ4v) is 4.94. The van der Waals surface area contributed by atoms with Crippen LogP contribution in [-0.2, 0) is 4.79 Å². The minimum Gasteiger partial charge on any atom is -0.478 e. The highest BCUT2D eigenvalue weighted by Crippen LogP contribution is 2.41. The van der Waals surface area contributed by atoms with E-state index in [0.717, 1.165) is 53.4 Å². The number of likely N-dealkylation sites (tertiary alicyclic amines) is 1. The fraction of sp³-hybridized carbons (Fsp3) is 0.308. The number of hydrogen-bond acceptors (Lipinski definition) is 3. The fourth-order valence-electron chi connectivity index (χ4n) is 4.81. The normalized spacial score (nSPS) is 16.2. The van der Waals surface area contributed by atoms with E-state index < -0.39 is 5.97 Å². The Hall–Kier alpha value is -2.89. The van der Waals surface area contributed by atoms with E-state index in [-0.39, 0.29) is 23.8 Å². The van der Waals surface area contributed by atoms with Crippen LogP contribution in [0.3, 0.4) is 0 Å². The summed E-state index contributed by atoms with van der Waals surface area (Å²) in [7, 11) is 2.11. The summed E-state index contributed by atoms with van der Waals surface area (Å²) in [5, 5.41) is 12.0. The number of benzene rings is 3. The number of halogens is 1. The van der Waals surface area contributed by atoms with Gasteiger partial charge in [-0.05, 0) is 103 Å². The summed E-state index contributed by atoms with van der Waals surface area (Å²) < 4.78 is 0. The van der Waals surface area contributed by atoms with Crippen LogP contribution in [0.5, 0.6) is 0 Å². The van der Waals surface area contributed by atoms with E-state index in [9.17, 15) is 14.7 Å². The van der Waals surface area contributed by atoms with Crippen molar-refractivity contribution in [2.75, 3.05) is 20.1 Å². The van der Waals surface area contributed by atoms with E-state index in [1.54, 1.807) is 12.1 Å². The van der Waals surface area contributed by atoms with Crippen LogP contribution in [0.15, 0.2) is 54.6 Å². The molecule has 4 rings (SSSR count). The van der Waals surface area contributed by atoms with Crippen molar-refractivity contribution in [3.05, 3.63) is 70.7 Å². The molecule has 1 heterocycles. The second kappa shape index (κ2) is 9.31. The number of piperidine rings is 1. The van der Waals surface area contributed by atoms with E-state index in [4.69, 9.17) is 17.3 Å². The second-order valence-electron chi connectivity index (χ2n) is 8.73. The molecule has 3 aromatic carbocycles. The van der Waals surface area contributed by atoms with Crippen molar-refractivity contribution in [3.8, 4) is 11.1 Å². The summed E-state index contributed by atoms with van der Waals surface area (Å²) in [5.74, 6) is -1.07. The summed E-state index contributed by atoms with van der Waals surface area (Å²) in [6.07, 6.45) is 2.18. The highest BCUT2D eigenvalue weighted by atomic mass is 35.5. The minimum atomic E-state index is -0.967. The molecule has 3 aromatic rings. The average Bonchev–Trinajstić information content (AvgIpc) is 2.77. The monoisotopic (exact) mass is 450 g/mol. The molecule has 0 bridgehead atoms. The molecule has 166 valence electrons. The SMILES string of the molecule is CN1CCC(C(CC(N)=O)c2cc(-c3ccc(Cl)cc3)cc3ccc(C(=O)O)cc23)CC1. The Morgan fingerprint density at radius 3 is 2.38 bits per heavy atom. The summed E-state index contributed by atoms with van der Waals surface area (Å²) >= 11 is 6.08. The Morgan fingerprint density at radius 2 is 1.75 bits per heavy atom. The molecule has 32 heavy (non-hydrogen) atoms. The predicted octanol–water partition coefficient (Wildman–Crippen LogP) is 5.16. The maximum absolute atomic E-state index is 12.1. The second-order valence-corrected chi connectivity index (χ2v) is 9.17. The number of rotatable bonds is 6. The Labute approximate surface area is 192 Å². The predicted molar refractivity (Wildman–Crippen MR) is 128 cm³/mol. The lowest BCUT2D eigenvalue weighted by atomic mass is 9.76. The lowest BCUT2D eigenvalue weighted by Crippen LogP contribution is -2.34. The minimum absolute atomic E-state index is 0.0694. The van der Waals surface area contributed by atoms with Gasteiger partial charge in [0, 0.05) is 11.4 Å². The molecule has 1 unspecified atom stereocenters. The first-order chi connectivity index (χ1) is 15.3. The molecule has 1 saturated heterocycles. The third-order valence-corrected chi connectivity index (χ3v) is 6.82. The molecule has 0 aromatic heterocycles. The Morgan fingerprint density at radius 1 is 1.06 bits per heavy atom. The number of carbonyl (C=O) groups excluding carboxylic acids is 1. The lowest BCUT2D eigenvalue weighted by Gasteiger charge is -2.35. The molecule has 0 spiro atoms. The number of carboxylic acids is 1. The Kier molecular flexibility index (Phi) is 6.49. The quantitative estimate of drug-likeness (QED) is 0.543. The number of carboxylic acid groups (broad SMARTS) is 1. The van der Waals surface area contributed by atoms with Gasteiger partial charge in [-0.2, -0.15) is 0 Å².